The fourth-order valence-electron chi connectivity index (χ4n) is 5.40. The van der Waals surface area contributed by atoms with Crippen LogP contribution in [0.2, 0.25) is 0 Å². The second-order valence-corrected chi connectivity index (χ2v) is 14.8. The first-order valence-electron chi connectivity index (χ1n) is 15.0. The van der Waals surface area contributed by atoms with Crippen molar-refractivity contribution in [2.45, 2.75) is 91.6 Å². The number of nitrogens with zero attached hydrogens (tertiary/aromatic N) is 3. The van der Waals surface area contributed by atoms with E-state index in [9.17, 15) is 24.3 Å². The molecular weight excluding hydrogens is 582 g/mol. The van der Waals surface area contributed by atoms with Gasteiger partial charge in [0.1, 0.15) is 17.7 Å². The van der Waals surface area contributed by atoms with Crippen LogP contribution in [-0.4, -0.2) is 87.1 Å². The average molecular weight is 628 g/mol. The average Bonchev–Trinajstić information content (AvgIpc) is 3.49. The third-order valence-corrected chi connectivity index (χ3v) is 8.92. The number of ether oxygens (including phenoxy) is 1. The van der Waals surface area contributed by atoms with Crippen molar-refractivity contribution in [2.24, 2.45) is 11.3 Å². The maximum absolute atomic E-state index is 13.9. The summed E-state index contributed by atoms with van der Waals surface area (Å²) in [5.74, 6) is -1.61. The Balaban J connectivity index is 1.39. The van der Waals surface area contributed by atoms with E-state index in [0.717, 1.165) is 21.7 Å². The number of rotatable bonds is 7. The molecule has 4 atom stereocenters. The zero-order valence-corrected chi connectivity index (χ0v) is 27.7. The Kier molecular flexibility index (Phi) is 9.75. The van der Waals surface area contributed by atoms with Gasteiger partial charge in [-0.05, 0) is 51.2 Å². The summed E-state index contributed by atoms with van der Waals surface area (Å²) in [6.07, 6.45) is -1.24. The molecule has 0 aliphatic carbocycles. The number of aliphatic hydroxyl groups excluding tert-OH is 1. The highest BCUT2D eigenvalue weighted by Crippen LogP contribution is 2.30. The van der Waals surface area contributed by atoms with E-state index in [4.69, 9.17) is 4.74 Å². The number of hydrogen-bond donors (Lipinski definition) is 3. The number of β-amino-alcohol motifs (C(OH)–C–C–N with tert-alkyl or cyclic N) is 1. The lowest BCUT2D eigenvalue weighted by Crippen LogP contribution is -2.62. The van der Waals surface area contributed by atoms with Gasteiger partial charge in [0.05, 0.1) is 34.1 Å². The van der Waals surface area contributed by atoms with E-state index < -0.39 is 47.1 Å². The minimum Gasteiger partial charge on any atom is -0.444 e. The number of likely N-dealkylation sites (tertiary alicyclic amines) is 2. The van der Waals surface area contributed by atoms with Gasteiger partial charge in [-0.1, -0.05) is 45.0 Å². The number of aromatic nitrogens is 1. The van der Waals surface area contributed by atoms with Crippen LogP contribution in [0.1, 0.15) is 72.2 Å². The lowest BCUT2D eigenvalue weighted by atomic mass is 9.84. The molecule has 44 heavy (non-hydrogen) atoms. The van der Waals surface area contributed by atoms with Crippen LogP contribution in [0.25, 0.3) is 10.4 Å². The highest BCUT2D eigenvalue weighted by molar-refractivity contribution is 7.13. The van der Waals surface area contributed by atoms with Crippen molar-refractivity contribution in [3.05, 3.63) is 41.0 Å². The molecule has 2 saturated heterocycles. The van der Waals surface area contributed by atoms with Crippen LogP contribution in [0, 0.1) is 18.3 Å². The largest absolute Gasteiger partial charge is 0.444 e. The van der Waals surface area contributed by atoms with Crippen molar-refractivity contribution in [3.63, 3.8) is 0 Å². The molecule has 0 spiro atoms. The molecule has 11 nitrogen and oxygen atoms in total. The third kappa shape index (κ3) is 7.76. The predicted octanol–water partition coefficient (Wildman–Crippen LogP) is 3.66. The van der Waals surface area contributed by atoms with E-state index in [-0.39, 0.29) is 43.9 Å². The molecule has 4 amide bonds. The van der Waals surface area contributed by atoms with Crippen molar-refractivity contribution in [2.75, 3.05) is 19.6 Å². The Morgan fingerprint density at radius 2 is 1.64 bits per heavy atom. The van der Waals surface area contributed by atoms with Gasteiger partial charge in [0.25, 0.3) is 0 Å². The molecule has 3 N–H and O–H groups in total. The number of aryl methyl sites for hydroxylation is 1. The Labute approximate surface area is 263 Å². The SMILES string of the molecule is Cc1ncsc1-c1ccc([C@H](C)NC(=O)[C@H]2C[C@@H](O)CN2C(=O)[C@@H](NC(=O)C2CN(C(=O)OC(C)(C)C)C2)C(C)(C)C)cc1. The zero-order valence-electron chi connectivity index (χ0n) is 26.8. The number of carbonyl (C=O) groups excluding carboxylic acids is 4. The van der Waals surface area contributed by atoms with Crippen molar-refractivity contribution in [3.8, 4) is 10.4 Å². The van der Waals surface area contributed by atoms with Gasteiger partial charge in [0.15, 0.2) is 0 Å². The normalized spacial score (nSPS) is 20.5. The summed E-state index contributed by atoms with van der Waals surface area (Å²) in [6.45, 7) is 15.1. The fourth-order valence-corrected chi connectivity index (χ4v) is 6.21. The molecule has 2 aromatic rings. The molecule has 3 heterocycles. The van der Waals surface area contributed by atoms with Crippen LogP contribution in [0.4, 0.5) is 4.79 Å². The summed E-state index contributed by atoms with van der Waals surface area (Å²) < 4.78 is 5.37. The summed E-state index contributed by atoms with van der Waals surface area (Å²) in [4.78, 5) is 61.1. The standard InChI is InChI=1S/C32H45N5O6S/c1-18(20-9-11-21(12-10-20)25-19(2)33-17-44-25)34-28(40)24-13-23(38)16-37(24)29(41)26(31(3,4)5)35-27(39)22-14-36(15-22)30(42)43-32(6,7)8/h9-12,17-18,22-24,26,38H,13-16H2,1-8H3,(H,34,40)(H,35,39)/t18-,23+,24+,26+/m0/s1. The highest BCUT2D eigenvalue weighted by Gasteiger charge is 2.46. The second kappa shape index (κ2) is 12.8. The lowest BCUT2D eigenvalue weighted by molar-refractivity contribution is -0.145. The maximum atomic E-state index is 13.9. The Morgan fingerprint density at radius 1 is 1.00 bits per heavy atom. The quantitative estimate of drug-likeness (QED) is 0.426. The number of aliphatic hydroxyl groups is 1. The molecule has 2 aliphatic heterocycles. The number of thiazole rings is 1. The molecule has 0 unspecified atom stereocenters. The molecular formula is C32H45N5O6S. The summed E-state index contributed by atoms with van der Waals surface area (Å²) >= 11 is 1.57. The molecule has 1 aromatic carbocycles. The van der Waals surface area contributed by atoms with Crippen LogP contribution >= 0.6 is 11.3 Å². The molecule has 0 bridgehead atoms. The van der Waals surface area contributed by atoms with E-state index in [0.29, 0.717) is 0 Å². The smallest absolute Gasteiger partial charge is 0.410 e. The summed E-state index contributed by atoms with van der Waals surface area (Å²) in [6, 6.07) is 5.76. The third-order valence-electron chi connectivity index (χ3n) is 7.95. The highest BCUT2D eigenvalue weighted by atomic mass is 32.1. The Bertz CT molecular complexity index is 1370. The van der Waals surface area contributed by atoms with E-state index >= 15 is 0 Å². The number of carbonyl (C=O) groups is 4. The van der Waals surface area contributed by atoms with Gasteiger partial charge < -0.3 is 30.3 Å². The van der Waals surface area contributed by atoms with Crippen molar-refractivity contribution >= 4 is 35.2 Å². The van der Waals surface area contributed by atoms with Crippen molar-refractivity contribution < 1.29 is 29.0 Å². The summed E-state index contributed by atoms with van der Waals surface area (Å²) in [5, 5.41) is 16.4. The Morgan fingerprint density at radius 3 is 2.18 bits per heavy atom. The van der Waals surface area contributed by atoms with E-state index in [1.165, 1.54) is 9.80 Å². The molecule has 1 aromatic heterocycles. The molecule has 2 fully saturated rings. The topological polar surface area (TPSA) is 141 Å². The van der Waals surface area contributed by atoms with Crippen molar-refractivity contribution in [1.82, 2.24) is 25.4 Å². The summed E-state index contributed by atoms with van der Waals surface area (Å²) in [5.41, 5.74) is 3.42. The van der Waals surface area contributed by atoms with E-state index in [1.807, 2.05) is 64.4 Å². The molecule has 0 radical (unpaired) electrons. The number of amides is 4. The first kappa shape index (κ1) is 33.4. The van der Waals surface area contributed by atoms with Gasteiger partial charge in [0, 0.05) is 26.1 Å². The number of nitrogens with one attached hydrogen (secondary N) is 2. The van der Waals surface area contributed by atoms with E-state index in [1.54, 1.807) is 32.1 Å². The van der Waals surface area contributed by atoms with Crippen molar-refractivity contribution in [1.29, 1.82) is 0 Å². The first-order valence-corrected chi connectivity index (χ1v) is 15.9. The molecule has 2 aliphatic rings. The molecule has 4 rings (SSSR count). The Hall–Kier alpha value is -3.51. The predicted molar refractivity (Wildman–Crippen MR) is 168 cm³/mol. The second-order valence-electron chi connectivity index (χ2n) is 13.9. The summed E-state index contributed by atoms with van der Waals surface area (Å²) in [7, 11) is 0. The zero-order chi connectivity index (χ0) is 32.6. The number of benzene rings is 1. The van der Waals surface area contributed by atoms with Crippen LogP contribution in [0.3, 0.4) is 0 Å². The van der Waals surface area contributed by atoms with Gasteiger partial charge in [-0.15, -0.1) is 11.3 Å². The minimum atomic E-state index is -0.939. The molecule has 12 heteroatoms. The van der Waals surface area contributed by atoms with Crippen LogP contribution in [0.15, 0.2) is 29.8 Å². The van der Waals surface area contributed by atoms with Gasteiger partial charge in [-0.2, -0.15) is 0 Å². The fraction of sp³-hybridized carbons (Fsp3) is 0.594. The van der Waals surface area contributed by atoms with Gasteiger partial charge in [-0.25, -0.2) is 9.78 Å². The lowest BCUT2D eigenvalue weighted by Gasteiger charge is -2.41. The first-order chi connectivity index (χ1) is 20.4. The van der Waals surface area contributed by atoms with Gasteiger partial charge in [0.2, 0.25) is 17.7 Å². The molecule has 240 valence electrons. The van der Waals surface area contributed by atoms with Gasteiger partial charge in [-0.3, -0.25) is 14.4 Å². The minimum absolute atomic E-state index is 0.00744. The monoisotopic (exact) mass is 627 g/mol. The van der Waals surface area contributed by atoms with E-state index in [2.05, 4.69) is 15.6 Å². The van der Waals surface area contributed by atoms with Crippen LogP contribution in [0.5, 0.6) is 0 Å². The van der Waals surface area contributed by atoms with Crippen LogP contribution in [-0.2, 0) is 19.1 Å². The maximum Gasteiger partial charge on any atom is 0.410 e. The van der Waals surface area contributed by atoms with Crippen LogP contribution < -0.4 is 10.6 Å². The number of hydrogen-bond acceptors (Lipinski definition) is 8. The molecule has 0 saturated carbocycles. The van der Waals surface area contributed by atoms with Gasteiger partial charge >= 0.3 is 6.09 Å².